The molecule has 0 aliphatic rings. The number of aromatic nitrogens is 1. The van der Waals surface area contributed by atoms with Crippen LogP contribution in [0.4, 0.5) is 0 Å². The van der Waals surface area contributed by atoms with Crippen molar-refractivity contribution < 1.29 is 4.42 Å². The third kappa shape index (κ3) is 1.40. The maximum absolute atomic E-state index is 5.64. The number of pyridine rings is 1. The van der Waals surface area contributed by atoms with Crippen LogP contribution in [0.15, 0.2) is 53.1 Å². The van der Waals surface area contributed by atoms with Gasteiger partial charge in [-0.1, -0.05) is 24.3 Å². The third-order valence-electron chi connectivity index (χ3n) is 2.24. The van der Waals surface area contributed by atoms with Crippen molar-refractivity contribution in [1.82, 2.24) is 4.98 Å². The molecule has 0 amide bonds. The van der Waals surface area contributed by atoms with Gasteiger partial charge in [0, 0.05) is 17.6 Å². The van der Waals surface area contributed by atoms with Crippen molar-refractivity contribution in [3.8, 4) is 11.5 Å². The summed E-state index contributed by atoms with van der Waals surface area (Å²) in [5.41, 5.74) is 1.66. The summed E-state index contributed by atoms with van der Waals surface area (Å²) < 4.78 is 5.64. The van der Waals surface area contributed by atoms with E-state index in [4.69, 9.17) is 4.42 Å². The first-order valence-corrected chi connectivity index (χ1v) is 4.76. The van der Waals surface area contributed by atoms with Gasteiger partial charge < -0.3 is 4.42 Å². The Kier molecular flexibility index (Phi) is 1.78. The molecular weight excluding hydrogens is 186 g/mol. The van der Waals surface area contributed by atoms with Gasteiger partial charge in [0.2, 0.25) is 0 Å². The first-order valence-electron chi connectivity index (χ1n) is 4.76. The van der Waals surface area contributed by atoms with E-state index in [2.05, 4.69) is 11.1 Å². The van der Waals surface area contributed by atoms with Gasteiger partial charge >= 0.3 is 0 Å². The molecule has 0 aliphatic heterocycles. The average molecular weight is 194 g/mol. The van der Waals surface area contributed by atoms with E-state index in [-0.39, 0.29) is 0 Å². The third-order valence-corrected chi connectivity index (χ3v) is 2.24. The minimum atomic E-state index is 0.691. The minimum Gasteiger partial charge on any atom is -0.454 e. The Morgan fingerprint density at radius 3 is 2.67 bits per heavy atom. The second kappa shape index (κ2) is 3.24. The molecule has 1 radical (unpaired) electrons. The topological polar surface area (TPSA) is 26.0 Å². The monoisotopic (exact) mass is 194 g/mol. The first-order chi connectivity index (χ1) is 7.43. The van der Waals surface area contributed by atoms with Crippen LogP contribution in [0.3, 0.4) is 0 Å². The Hall–Kier alpha value is -2.09. The summed E-state index contributed by atoms with van der Waals surface area (Å²) in [7, 11) is 0. The lowest BCUT2D eigenvalue weighted by Crippen LogP contribution is -1.77. The first kappa shape index (κ1) is 8.24. The van der Waals surface area contributed by atoms with Gasteiger partial charge in [0.15, 0.2) is 5.76 Å². The van der Waals surface area contributed by atoms with E-state index in [1.165, 1.54) is 0 Å². The fourth-order valence-corrected chi connectivity index (χ4v) is 1.53. The van der Waals surface area contributed by atoms with Gasteiger partial charge in [-0.2, -0.15) is 0 Å². The summed E-state index contributed by atoms with van der Waals surface area (Å²) in [5, 5.41) is 0.984. The molecule has 2 nitrogen and oxygen atoms in total. The summed E-state index contributed by atoms with van der Waals surface area (Å²) in [6.07, 6.45) is 1.75. The van der Waals surface area contributed by atoms with Gasteiger partial charge in [-0.3, -0.25) is 4.98 Å². The Morgan fingerprint density at radius 1 is 1.00 bits per heavy atom. The van der Waals surface area contributed by atoms with E-state index in [1.807, 2.05) is 42.5 Å². The minimum absolute atomic E-state index is 0.691. The lowest BCUT2D eigenvalue weighted by Gasteiger charge is -1.91. The normalized spacial score (nSPS) is 10.7. The second-order valence-corrected chi connectivity index (χ2v) is 3.27. The molecule has 0 fully saturated rings. The van der Waals surface area contributed by atoms with Crippen LogP contribution >= 0.6 is 0 Å². The highest BCUT2D eigenvalue weighted by molar-refractivity contribution is 5.81. The number of nitrogens with zero attached hydrogens (tertiary/aromatic N) is 1. The molecule has 0 saturated carbocycles. The molecule has 2 heteroatoms. The molecule has 0 unspecified atom stereocenters. The lowest BCUT2D eigenvalue weighted by molar-refractivity contribution is 0.628. The molecule has 0 spiro atoms. The Balaban J connectivity index is 2.21. The number of furan rings is 1. The van der Waals surface area contributed by atoms with E-state index < -0.39 is 0 Å². The molecular formula is C13H8NO. The molecule has 0 aliphatic carbocycles. The van der Waals surface area contributed by atoms with Crippen molar-refractivity contribution in [2.75, 3.05) is 0 Å². The van der Waals surface area contributed by atoms with Gasteiger partial charge in [-0.05, 0) is 18.2 Å². The van der Waals surface area contributed by atoms with Crippen LogP contribution in [-0.4, -0.2) is 4.98 Å². The van der Waals surface area contributed by atoms with E-state index in [1.54, 1.807) is 6.20 Å². The molecule has 2 aromatic heterocycles. The highest BCUT2D eigenvalue weighted by atomic mass is 16.3. The molecule has 15 heavy (non-hydrogen) atoms. The maximum Gasteiger partial charge on any atom is 0.161 e. The fraction of sp³-hybridized carbons (Fsp3) is 0. The smallest absolute Gasteiger partial charge is 0.161 e. The van der Waals surface area contributed by atoms with Gasteiger partial charge in [-0.25, -0.2) is 0 Å². The zero-order valence-corrected chi connectivity index (χ0v) is 7.97. The summed E-state index contributed by atoms with van der Waals surface area (Å²) in [6, 6.07) is 16.7. The molecule has 1 aromatic carbocycles. The van der Waals surface area contributed by atoms with Crippen molar-refractivity contribution in [2.24, 2.45) is 0 Å². The molecule has 2 heterocycles. The number of fused-ring (bicyclic) bond motifs is 1. The zero-order valence-electron chi connectivity index (χ0n) is 7.97. The summed E-state index contributed by atoms with van der Waals surface area (Å²) >= 11 is 0. The van der Waals surface area contributed by atoms with Crippen molar-refractivity contribution in [1.29, 1.82) is 0 Å². The number of hydrogen-bond donors (Lipinski definition) is 0. The lowest BCUT2D eigenvalue weighted by atomic mass is 10.2. The van der Waals surface area contributed by atoms with Crippen LogP contribution in [-0.2, 0) is 0 Å². The zero-order chi connectivity index (χ0) is 10.1. The highest BCUT2D eigenvalue weighted by Crippen LogP contribution is 2.24. The Morgan fingerprint density at radius 2 is 1.87 bits per heavy atom. The largest absolute Gasteiger partial charge is 0.454 e. The van der Waals surface area contributed by atoms with Gasteiger partial charge in [0.25, 0.3) is 0 Å². The van der Waals surface area contributed by atoms with Crippen LogP contribution in [0.25, 0.3) is 22.4 Å². The highest BCUT2D eigenvalue weighted by Gasteiger charge is 2.05. The Bertz CT molecular complexity index is 551. The summed E-state index contributed by atoms with van der Waals surface area (Å²) in [4.78, 5) is 4.22. The summed E-state index contributed by atoms with van der Waals surface area (Å²) in [5.74, 6) is 0.691. The number of hydrogen-bond acceptors (Lipinski definition) is 2. The standard InChI is InChI=1S/C13H8NO/c1-2-7-12-10(5-1)9-13(15-12)11-6-3-4-8-14-11/h1-8H. The van der Waals surface area contributed by atoms with Gasteiger partial charge in [-0.15, -0.1) is 0 Å². The number of para-hydroxylation sites is 1. The van der Waals surface area contributed by atoms with Crippen molar-refractivity contribution >= 4 is 11.0 Å². The van der Waals surface area contributed by atoms with Crippen molar-refractivity contribution in [2.45, 2.75) is 0 Å². The van der Waals surface area contributed by atoms with E-state index in [9.17, 15) is 0 Å². The van der Waals surface area contributed by atoms with Crippen LogP contribution in [0, 0.1) is 6.07 Å². The summed E-state index contributed by atoms with van der Waals surface area (Å²) in [6.45, 7) is 0. The van der Waals surface area contributed by atoms with Crippen LogP contribution in [0.1, 0.15) is 0 Å². The SMILES string of the molecule is [c]1c(-c2ccccn2)oc2ccccc12. The molecule has 3 rings (SSSR count). The van der Waals surface area contributed by atoms with E-state index >= 15 is 0 Å². The molecule has 71 valence electrons. The van der Waals surface area contributed by atoms with Crippen LogP contribution in [0.2, 0.25) is 0 Å². The van der Waals surface area contributed by atoms with E-state index in [0.29, 0.717) is 5.76 Å². The number of benzene rings is 1. The molecule has 0 saturated heterocycles. The molecule has 0 bridgehead atoms. The molecule has 0 atom stereocenters. The van der Waals surface area contributed by atoms with Crippen LogP contribution < -0.4 is 0 Å². The fourth-order valence-electron chi connectivity index (χ4n) is 1.53. The Labute approximate surface area is 87.2 Å². The quantitative estimate of drug-likeness (QED) is 0.594. The molecule has 3 aromatic rings. The van der Waals surface area contributed by atoms with Crippen molar-refractivity contribution in [3.05, 3.63) is 54.7 Å². The molecule has 0 N–H and O–H groups in total. The van der Waals surface area contributed by atoms with Gasteiger partial charge in [0.1, 0.15) is 11.3 Å². The second-order valence-electron chi connectivity index (χ2n) is 3.27. The van der Waals surface area contributed by atoms with E-state index in [0.717, 1.165) is 16.7 Å². The predicted molar refractivity (Wildman–Crippen MR) is 58.3 cm³/mol. The van der Waals surface area contributed by atoms with Crippen molar-refractivity contribution in [3.63, 3.8) is 0 Å². The van der Waals surface area contributed by atoms with Gasteiger partial charge in [0.05, 0.1) is 0 Å². The number of rotatable bonds is 1. The predicted octanol–water partition coefficient (Wildman–Crippen LogP) is 3.29. The van der Waals surface area contributed by atoms with Crippen LogP contribution in [0.5, 0.6) is 0 Å². The maximum atomic E-state index is 5.64. The average Bonchev–Trinajstić information content (AvgIpc) is 2.74.